The number of nitrogens with one attached hydrogen (secondary N) is 1. The fourth-order valence-corrected chi connectivity index (χ4v) is 2.46. The molecular formula is C14H30N2O. The molecule has 0 aromatic rings. The van der Waals surface area contributed by atoms with E-state index in [9.17, 15) is 0 Å². The summed E-state index contributed by atoms with van der Waals surface area (Å²) in [6.45, 7) is 11.0. The van der Waals surface area contributed by atoms with Crippen molar-refractivity contribution in [3.63, 3.8) is 0 Å². The maximum atomic E-state index is 5.84. The van der Waals surface area contributed by atoms with Gasteiger partial charge in [0.05, 0.1) is 6.10 Å². The van der Waals surface area contributed by atoms with E-state index in [-0.39, 0.29) is 0 Å². The van der Waals surface area contributed by atoms with Crippen LogP contribution in [-0.4, -0.2) is 50.3 Å². The van der Waals surface area contributed by atoms with Crippen LogP contribution in [0.5, 0.6) is 0 Å². The Hall–Kier alpha value is -0.120. The molecule has 0 amide bonds. The molecule has 3 heteroatoms. The maximum absolute atomic E-state index is 5.84. The maximum Gasteiger partial charge on any atom is 0.0604 e. The van der Waals surface area contributed by atoms with Crippen LogP contribution in [0.1, 0.15) is 40.0 Å². The fraction of sp³-hybridized carbons (Fsp3) is 1.00. The predicted molar refractivity (Wildman–Crippen MR) is 73.4 cm³/mol. The van der Waals surface area contributed by atoms with Gasteiger partial charge in [0.15, 0.2) is 0 Å². The first-order chi connectivity index (χ1) is 8.11. The van der Waals surface area contributed by atoms with E-state index in [1.165, 1.54) is 19.4 Å². The van der Waals surface area contributed by atoms with Crippen LogP contribution >= 0.6 is 0 Å². The summed E-state index contributed by atoms with van der Waals surface area (Å²) in [6.07, 6.45) is 4.09. The molecule has 0 aromatic carbocycles. The first-order valence-corrected chi connectivity index (χ1v) is 7.15. The molecule has 0 saturated heterocycles. The molecule has 0 atom stereocenters. The molecule has 1 N–H and O–H groups in total. The average molecular weight is 242 g/mol. The molecule has 17 heavy (non-hydrogen) atoms. The second-order valence-electron chi connectivity index (χ2n) is 5.73. The Bertz CT molecular complexity index is 191. The van der Waals surface area contributed by atoms with Gasteiger partial charge < -0.3 is 15.0 Å². The van der Waals surface area contributed by atoms with E-state index < -0.39 is 0 Å². The summed E-state index contributed by atoms with van der Waals surface area (Å²) in [5.74, 6) is 0.758. The molecule has 0 unspecified atom stereocenters. The summed E-state index contributed by atoms with van der Waals surface area (Å²) in [4.78, 5) is 2.40. The molecule has 1 saturated carbocycles. The third-order valence-electron chi connectivity index (χ3n) is 3.30. The molecule has 0 aliphatic heterocycles. The highest BCUT2D eigenvalue weighted by Crippen LogP contribution is 2.23. The molecule has 1 rings (SSSR count). The lowest BCUT2D eigenvalue weighted by Crippen LogP contribution is -2.45. The van der Waals surface area contributed by atoms with Gasteiger partial charge in [-0.2, -0.15) is 0 Å². The number of hydrogen-bond donors (Lipinski definition) is 1. The summed E-state index contributed by atoms with van der Waals surface area (Å²) in [5, 5.41) is 3.45. The summed E-state index contributed by atoms with van der Waals surface area (Å²) < 4.78 is 5.84. The first kappa shape index (κ1) is 14.9. The van der Waals surface area contributed by atoms with Gasteiger partial charge in [-0.05, 0) is 38.8 Å². The fourth-order valence-electron chi connectivity index (χ4n) is 2.46. The molecule has 0 aromatic heterocycles. The van der Waals surface area contributed by atoms with Crippen molar-refractivity contribution < 1.29 is 4.74 Å². The molecule has 0 bridgehead atoms. The van der Waals surface area contributed by atoms with Gasteiger partial charge in [-0.25, -0.2) is 0 Å². The van der Waals surface area contributed by atoms with Crippen LogP contribution in [0.2, 0.25) is 0 Å². The Labute approximate surface area is 107 Å². The van der Waals surface area contributed by atoms with Crippen LogP contribution in [0.15, 0.2) is 0 Å². The minimum atomic E-state index is 0.523. The molecule has 3 nitrogen and oxygen atoms in total. The van der Waals surface area contributed by atoms with Crippen LogP contribution in [0, 0.1) is 5.92 Å². The molecular weight excluding hydrogens is 212 g/mol. The minimum absolute atomic E-state index is 0.523. The second kappa shape index (κ2) is 8.06. The van der Waals surface area contributed by atoms with Crippen molar-refractivity contribution in [3.05, 3.63) is 0 Å². The zero-order chi connectivity index (χ0) is 12.7. The van der Waals surface area contributed by atoms with Crippen molar-refractivity contribution in [2.24, 2.45) is 5.92 Å². The smallest absolute Gasteiger partial charge is 0.0604 e. The molecule has 1 aliphatic carbocycles. The Morgan fingerprint density at radius 1 is 1.35 bits per heavy atom. The van der Waals surface area contributed by atoms with Crippen LogP contribution in [0.4, 0.5) is 0 Å². The lowest BCUT2D eigenvalue weighted by Gasteiger charge is -2.35. The first-order valence-electron chi connectivity index (χ1n) is 7.15. The molecule has 0 spiro atoms. The van der Waals surface area contributed by atoms with E-state index in [4.69, 9.17) is 4.74 Å². The molecule has 102 valence electrons. The molecule has 1 aliphatic rings. The lowest BCUT2D eigenvalue weighted by molar-refractivity contribution is -0.0187. The van der Waals surface area contributed by atoms with Gasteiger partial charge in [0.1, 0.15) is 0 Å². The summed E-state index contributed by atoms with van der Waals surface area (Å²) >= 11 is 0. The van der Waals surface area contributed by atoms with Crippen LogP contribution in [0.25, 0.3) is 0 Å². The Kier molecular flexibility index (Phi) is 7.09. The van der Waals surface area contributed by atoms with E-state index in [2.05, 4.69) is 38.0 Å². The molecule has 0 heterocycles. The largest absolute Gasteiger partial charge is 0.378 e. The SMILES string of the molecule is CCN[C@H]1C[C@H](OCCCN(C)CC(C)C)C1. The van der Waals surface area contributed by atoms with Crippen LogP contribution < -0.4 is 5.32 Å². The van der Waals surface area contributed by atoms with Gasteiger partial charge in [-0.15, -0.1) is 0 Å². The van der Waals surface area contributed by atoms with Crippen LogP contribution in [-0.2, 0) is 4.74 Å². The van der Waals surface area contributed by atoms with E-state index >= 15 is 0 Å². The standard InChI is InChI=1S/C14H30N2O/c1-5-15-13-9-14(10-13)17-8-6-7-16(4)11-12(2)3/h12-15H,5-11H2,1-4H3/t13-,14-. The number of nitrogens with zero attached hydrogens (tertiary/aromatic N) is 1. The topological polar surface area (TPSA) is 24.5 Å². The second-order valence-corrected chi connectivity index (χ2v) is 5.73. The Balaban J connectivity index is 1.88. The van der Waals surface area contributed by atoms with Gasteiger partial charge in [0, 0.05) is 25.7 Å². The number of ether oxygens (including phenoxy) is 1. The van der Waals surface area contributed by atoms with Crippen LogP contribution in [0.3, 0.4) is 0 Å². The highest BCUT2D eigenvalue weighted by Gasteiger charge is 2.28. The minimum Gasteiger partial charge on any atom is -0.378 e. The van der Waals surface area contributed by atoms with Crippen molar-refractivity contribution in [3.8, 4) is 0 Å². The van der Waals surface area contributed by atoms with Gasteiger partial charge in [0.25, 0.3) is 0 Å². The summed E-state index contributed by atoms with van der Waals surface area (Å²) in [6, 6.07) is 0.716. The van der Waals surface area contributed by atoms with E-state index in [1.807, 2.05) is 0 Å². The van der Waals surface area contributed by atoms with Gasteiger partial charge in [-0.3, -0.25) is 0 Å². The van der Waals surface area contributed by atoms with Gasteiger partial charge in [0.2, 0.25) is 0 Å². The van der Waals surface area contributed by atoms with E-state index in [1.54, 1.807) is 0 Å². The quantitative estimate of drug-likeness (QED) is 0.627. The third kappa shape index (κ3) is 6.39. The highest BCUT2D eigenvalue weighted by molar-refractivity contribution is 4.85. The van der Waals surface area contributed by atoms with E-state index in [0.29, 0.717) is 12.1 Å². The zero-order valence-corrected chi connectivity index (χ0v) is 12.0. The van der Waals surface area contributed by atoms with Crippen molar-refractivity contribution in [2.45, 2.75) is 52.2 Å². The molecule has 0 radical (unpaired) electrons. The van der Waals surface area contributed by atoms with Crippen molar-refractivity contribution in [1.82, 2.24) is 10.2 Å². The van der Waals surface area contributed by atoms with Gasteiger partial charge in [-0.1, -0.05) is 20.8 Å². The molecule has 1 fully saturated rings. The summed E-state index contributed by atoms with van der Waals surface area (Å²) in [5.41, 5.74) is 0. The van der Waals surface area contributed by atoms with E-state index in [0.717, 1.165) is 32.0 Å². The van der Waals surface area contributed by atoms with Crippen molar-refractivity contribution in [2.75, 3.05) is 33.3 Å². The zero-order valence-electron chi connectivity index (χ0n) is 12.0. The normalized spacial score (nSPS) is 24.4. The van der Waals surface area contributed by atoms with Gasteiger partial charge >= 0.3 is 0 Å². The summed E-state index contributed by atoms with van der Waals surface area (Å²) in [7, 11) is 2.20. The van der Waals surface area contributed by atoms with Crippen molar-refractivity contribution in [1.29, 1.82) is 0 Å². The number of hydrogen-bond acceptors (Lipinski definition) is 3. The Morgan fingerprint density at radius 2 is 2.06 bits per heavy atom. The van der Waals surface area contributed by atoms with Crippen molar-refractivity contribution >= 4 is 0 Å². The predicted octanol–water partition coefficient (Wildman–Crippen LogP) is 2.12. The Morgan fingerprint density at radius 3 is 2.65 bits per heavy atom. The monoisotopic (exact) mass is 242 g/mol. The third-order valence-corrected chi connectivity index (χ3v) is 3.30. The average Bonchev–Trinajstić information content (AvgIpc) is 2.18. The highest BCUT2D eigenvalue weighted by atomic mass is 16.5. The number of rotatable bonds is 9. The lowest BCUT2D eigenvalue weighted by atomic mass is 9.89.